The van der Waals surface area contributed by atoms with Gasteiger partial charge in [0.1, 0.15) is 0 Å². The molecule has 0 heterocycles. The van der Waals surface area contributed by atoms with Crippen LogP contribution in [0.3, 0.4) is 0 Å². The van der Waals surface area contributed by atoms with Crippen molar-refractivity contribution >= 4 is 5.91 Å². The number of amides is 1. The zero-order valence-electron chi connectivity index (χ0n) is 40.0. The van der Waals surface area contributed by atoms with E-state index < -0.39 is 12.1 Å². The summed E-state index contributed by atoms with van der Waals surface area (Å²) in [5, 5.41) is 22.9. The minimum absolute atomic E-state index is 0.0769. The first kappa shape index (κ1) is 57.6. The third kappa shape index (κ3) is 47.5. The molecule has 4 nitrogen and oxygen atoms in total. The molecule has 0 spiro atoms. The molecule has 0 saturated heterocycles. The number of carbonyl (C=O) groups is 1. The molecule has 348 valence electrons. The Bertz CT molecular complexity index is 897. The highest BCUT2D eigenvalue weighted by Crippen LogP contribution is 2.18. The van der Waals surface area contributed by atoms with Crippen molar-refractivity contribution in [3.05, 3.63) is 36.5 Å². The van der Waals surface area contributed by atoms with Crippen molar-refractivity contribution in [2.45, 2.75) is 302 Å². The Morgan fingerprint density at radius 2 is 0.695 bits per heavy atom. The third-order valence-corrected chi connectivity index (χ3v) is 12.4. The van der Waals surface area contributed by atoms with E-state index in [2.05, 4.69) is 36.5 Å². The maximum absolute atomic E-state index is 12.4. The number of rotatable bonds is 49. The predicted octanol–water partition coefficient (Wildman–Crippen LogP) is 17.3. The van der Waals surface area contributed by atoms with Crippen LogP contribution in [0.1, 0.15) is 290 Å². The largest absolute Gasteiger partial charge is 0.394 e. The first-order valence-electron chi connectivity index (χ1n) is 26.7. The SMILES string of the molecule is C/C=C/CC/C=C/CC/C=C/C(O)C(CO)NC(=O)CCCCCCCCCCCCCCCCCCCCCCCCCCCCCCCCCCCCCCCC. The lowest BCUT2D eigenvalue weighted by Crippen LogP contribution is -2.45. The molecule has 0 aliphatic rings. The summed E-state index contributed by atoms with van der Waals surface area (Å²) in [7, 11) is 0. The highest BCUT2D eigenvalue weighted by molar-refractivity contribution is 5.76. The minimum atomic E-state index is -0.865. The number of carbonyl (C=O) groups excluding carboxylic acids is 1. The van der Waals surface area contributed by atoms with E-state index in [1.165, 1.54) is 231 Å². The predicted molar refractivity (Wildman–Crippen MR) is 262 cm³/mol. The second-order valence-corrected chi connectivity index (χ2v) is 18.3. The van der Waals surface area contributed by atoms with Gasteiger partial charge in [0.2, 0.25) is 5.91 Å². The van der Waals surface area contributed by atoms with Gasteiger partial charge in [-0.2, -0.15) is 0 Å². The van der Waals surface area contributed by atoms with Gasteiger partial charge in [0, 0.05) is 6.42 Å². The first-order chi connectivity index (χ1) is 29.2. The van der Waals surface area contributed by atoms with E-state index in [0.29, 0.717) is 6.42 Å². The normalized spacial score (nSPS) is 13.1. The molecule has 4 heteroatoms. The van der Waals surface area contributed by atoms with Gasteiger partial charge in [0.05, 0.1) is 18.8 Å². The van der Waals surface area contributed by atoms with Gasteiger partial charge in [-0.1, -0.05) is 281 Å². The average molecular weight is 828 g/mol. The van der Waals surface area contributed by atoms with Crippen molar-refractivity contribution in [2.75, 3.05) is 6.61 Å². The molecule has 59 heavy (non-hydrogen) atoms. The standard InChI is InChI=1S/C55H105NO3/c1-3-5-7-9-11-13-14-15-16-17-18-19-20-21-22-23-24-25-26-27-28-29-30-31-32-33-34-35-36-37-38-39-40-41-43-45-47-49-51-55(59)56-53(52-57)54(58)50-48-46-44-42-12-10-8-6-4-2/h4,6,12,42,48,50,53-54,57-58H,3,5,7-11,13-41,43-47,49,51-52H2,1-2H3,(H,56,59)/b6-4+,42-12+,50-48+. The minimum Gasteiger partial charge on any atom is -0.394 e. The molecule has 0 aromatic heterocycles. The zero-order chi connectivity index (χ0) is 42.8. The van der Waals surface area contributed by atoms with E-state index in [1.54, 1.807) is 6.08 Å². The summed E-state index contributed by atoms with van der Waals surface area (Å²) in [5.74, 6) is -0.0769. The van der Waals surface area contributed by atoms with Crippen LogP contribution in [0.2, 0.25) is 0 Å². The van der Waals surface area contributed by atoms with E-state index in [9.17, 15) is 15.0 Å². The van der Waals surface area contributed by atoms with Gasteiger partial charge in [-0.25, -0.2) is 0 Å². The fraction of sp³-hybridized carbons (Fsp3) is 0.873. The Labute approximate surface area is 370 Å². The molecule has 1 amide bonds. The smallest absolute Gasteiger partial charge is 0.220 e. The maximum atomic E-state index is 12.4. The van der Waals surface area contributed by atoms with Gasteiger partial charge < -0.3 is 15.5 Å². The van der Waals surface area contributed by atoms with Crippen LogP contribution < -0.4 is 5.32 Å². The van der Waals surface area contributed by atoms with Crippen LogP contribution in [0.15, 0.2) is 36.5 Å². The summed E-state index contributed by atoms with van der Waals surface area (Å²) in [6, 6.07) is -0.641. The lowest BCUT2D eigenvalue weighted by atomic mass is 10.0. The van der Waals surface area contributed by atoms with Gasteiger partial charge in [-0.3, -0.25) is 4.79 Å². The van der Waals surface area contributed by atoms with Crippen molar-refractivity contribution in [2.24, 2.45) is 0 Å². The van der Waals surface area contributed by atoms with E-state index in [4.69, 9.17) is 0 Å². The number of nitrogens with one attached hydrogen (secondary N) is 1. The van der Waals surface area contributed by atoms with Crippen LogP contribution in [-0.4, -0.2) is 34.9 Å². The zero-order valence-corrected chi connectivity index (χ0v) is 40.0. The Balaban J connectivity index is 3.32. The van der Waals surface area contributed by atoms with Gasteiger partial charge in [0.25, 0.3) is 0 Å². The summed E-state index contributed by atoms with van der Waals surface area (Å²) in [6.07, 6.45) is 69.3. The Morgan fingerprint density at radius 3 is 0.983 bits per heavy atom. The molecule has 2 unspecified atom stereocenters. The summed E-state index contributed by atoms with van der Waals surface area (Å²) in [5.41, 5.74) is 0. The topological polar surface area (TPSA) is 69.6 Å². The molecular formula is C55H105NO3. The number of allylic oxidation sites excluding steroid dienone is 5. The molecule has 0 saturated carbocycles. The van der Waals surface area contributed by atoms with Crippen LogP contribution in [0.4, 0.5) is 0 Å². The molecule has 0 aromatic rings. The fourth-order valence-electron chi connectivity index (χ4n) is 8.40. The molecule has 0 radical (unpaired) electrons. The molecule has 3 N–H and O–H groups in total. The molecule has 0 aliphatic carbocycles. The van der Waals surface area contributed by atoms with Crippen LogP contribution in [0, 0.1) is 0 Å². The highest BCUT2D eigenvalue weighted by Gasteiger charge is 2.18. The molecule has 2 atom stereocenters. The van der Waals surface area contributed by atoms with E-state index in [-0.39, 0.29) is 12.5 Å². The molecular weight excluding hydrogens is 723 g/mol. The van der Waals surface area contributed by atoms with Crippen LogP contribution >= 0.6 is 0 Å². The van der Waals surface area contributed by atoms with E-state index >= 15 is 0 Å². The Hall–Kier alpha value is -1.39. The van der Waals surface area contributed by atoms with Crippen molar-refractivity contribution in [1.29, 1.82) is 0 Å². The fourth-order valence-corrected chi connectivity index (χ4v) is 8.40. The highest BCUT2D eigenvalue weighted by atomic mass is 16.3. The summed E-state index contributed by atoms with van der Waals surface area (Å²) in [6.45, 7) is 4.08. The number of unbranched alkanes of at least 4 members (excludes halogenated alkanes) is 39. The second-order valence-electron chi connectivity index (χ2n) is 18.3. The second kappa shape index (κ2) is 51.0. The average Bonchev–Trinajstić information content (AvgIpc) is 3.24. The van der Waals surface area contributed by atoms with Gasteiger partial charge >= 0.3 is 0 Å². The monoisotopic (exact) mass is 828 g/mol. The molecule has 0 aliphatic heterocycles. The van der Waals surface area contributed by atoms with Crippen molar-refractivity contribution in [3.8, 4) is 0 Å². The van der Waals surface area contributed by atoms with Crippen molar-refractivity contribution in [1.82, 2.24) is 5.32 Å². The summed E-state index contributed by atoms with van der Waals surface area (Å²) < 4.78 is 0. The summed E-state index contributed by atoms with van der Waals surface area (Å²) >= 11 is 0. The van der Waals surface area contributed by atoms with Gasteiger partial charge in [-0.05, 0) is 39.0 Å². The number of hydrogen-bond donors (Lipinski definition) is 3. The number of aliphatic hydroxyl groups is 2. The maximum Gasteiger partial charge on any atom is 0.220 e. The molecule has 0 bridgehead atoms. The lowest BCUT2D eigenvalue weighted by molar-refractivity contribution is -0.123. The van der Waals surface area contributed by atoms with Gasteiger partial charge in [0.15, 0.2) is 0 Å². The van der Waals surface area contributed by atoms with Gasteiger partial charge in [-0.15, -0.1) is 0 Å². The Kier molecular flexibility index (Phi) is 49.8. The van der Waals surface area contributed by atoms with Crippen LogP contribution in [-0.2, 0) is 4.79 Å². The molecule has 0 fully saturated rings. The quantitative estimate of drug-likeness (QED) is 0.0423. The van der Waals surface area contributed by atoms with E-state index in [0.717, 1.165) is 38.5 Å². The first-order valence-corrected chi connectivity index (χ1v) is 26.7. The third-order valence-electron chi connectivity index (χ3n) is 12.4. The van der Waals surface area contributed by atoms with Crippen molar-refractivity contribution < 1.29 is 15.0 Å². The Morgan fingerprint density at radius 1 is 0.424 bits per heavy atom. The van der Waals surface area contributed by atoms with Crippen LogP contribution in [0.25, 0.3) is 0 Å². The number of aliphatic hydroxyl groups excluding tert-OH is 2. The lowest BCUT2D eigenvalue weighted by Gasteiger charge is -2.19. The molecule has 0 aromatic carbocycles. The van der Waals surface area contributed by atoms with E-state index in [1.807, 2.05) is 13.0 Å². The van der Waals surface area contributed by atoms with Crippen LogP contribution in [0.5, 0.6) is 0 Å². The number of hydrogen-bond acceptors (Lipinski definition) is 3. The molecule has 0 rings (SSSR count). The summed E-state index contributed by atoms with van der Waals surface area (Å²) in [4.78, 5) is 12.4. The van der Waals surface area contributed by atoms with Crippen molar-refractivity contribution in [3.63, 3.8) is 0 Å².